The number of benzene rings is 1. The summed E-state index contributed by atoms with van der Waals surface area (Å²) in [6, 6.07) is 5.77. The smallest absolute Gasteiger partial charge is 0.397 e. The zero-order chi connectivity index (χ0) is 19.4. The number of rotatable bonds is 14. The highest BCUT2D eigenvalue weighted by atomic mass is 31.2. The highest BCUT2D eigenvalue weighted by Crippen LogP contribution is 2.51. The first kappa shape index (κ1) is 22.6. The van der Waals surface area contributed by atoms with Crippen molar-refractivity contribution >= 4 is 13.5 Å². The van der Waals surface area contributed by atoms with Gasteiger partial charge >= 0.3 is 13.5 Å². The van der Waals surface area contributed by atoms with Crippen molar-refractivity contribution in [1.82, 2.24) is 0 Å². The van der Waals surface area contributed by atoms with Crippen LogP contribution in [-0.2, 0) is 13.6 Å². The van der Waals surface area contributed by atoms with Crippen molar-refractivity contribution in [3.63, 3.8) is 0 Å². The molecule has 7 nitrogen and oxygen atoms in total. The Balaban J connectivity index is 2.74. The van der Waals surface area contributed by atoms with Crippen LogP contribution in [-0.4, -0.2) is 18.1 Å². The van der Waals surface area contributed by atoms with Crippen LogP contribution in [0.15, 0.2) is 24.3 Å². The summed E-state index contributed by atoms with van der Waals surface area (Å²) in [5.74, 6) is 0.250. The van der Waals surface area contributed by atoms with E-state index in [1.165, 1.54) is 18.2 Å². The lowest BCUT2D eigenvalue weighted by molar-refractivity contribution is -0.385. The maximum atomic E-state index is 12.9. The number of unbranched alkanes of at least 4 members (excludes halogenated alkanes) is 4. The molecule has 0 N–H and O–H groups in total. The number of hydrogen-bond acceptors (Lipinski definition) is 6. The monoisotopic (exact) mass is 387 g/mol. The molecule has 0 fully saturated rings. The van der Waals surface area contributed by atoms with Gasteiger partial charge in [-0.2, -0.15) is 0 Å². The molecule has 0 heterocycles. The second-order valence-corrected chi connectivity index (χ2v) is 8.12. The van der Waals surface area contributed by atoms with Crippen LogP contribution in [0.25, 0.3) is 0 Å². The molecule has 0 saturated carbocycles. The first-order valence-corrected chi connectivity index (χ1v) is 10.7. The van der Waals surface area contributed by atoms with Gasteiger partial charge in [0.2, 0.25) is 5.75 Å². The largest absolute Gasteiger partial charge is 0.530 e. The quantitative estimate of drug-likeness (QED) is 0.165. The maximum Gasteiger partial charge on any atom is 0.530 e. The van der Waals surface area contributed by atoms with Crippen LogP contribution in [0, 0.1) is 16.0 Å². The first-order chi connectivity index (χ1) is 12.4. The zero-order valence-corrected chi connectivity index (χ0v) is 16.8. The molecule has 8 heteroatoms. The summed E-state index contributed by atoms with van der Waals surface area (Å²) in [5, 5.41) is 11.1. The van der Waals surface area contributed by atoms with Gasteiger partial charge in [0.25, 0.3) is 0 Å². The molecule has 0 saturated heterocycles. The number of nitrogens with zero attached hydrogens (tertiary/aromatic N) is 1. The van der Waals surface area contributed by atoms with Crippen LogP contribution >= 0.6 is 7.82 Å². The highest BCUT2D eigenvalue weighted by molar-refractivity contribution is 7.48. The summed E-state index contributed by atoms with van der Waals surface area (Å²) in [6.45, 7) is 6.60. The fourth-order valence-corrected chi connectivity index (χ4v) is 3.43. The average molecular weight is 387 g/mol. The molecular formula is C18H30NO6P. The fraction of sp³-hybridized carbons (Fsp3) is 0.667. The molecule has 148 valence electrons. The molecule has 1 aromatic rings. The van der Waals surface area contributed by atoms with E-state index in [-0.39, 0.29) is 24.7 Å². The van der Waals surface area contributed by atoms with Crippen molar-refractivity contribution in [2.75, 3.05) is 13.2 Å². The average Bonchev–Trinajstić information content (AvgIpc) is 2.58. The Morgan fingerprint density at radius 1 is 1.08 bits per heavy atom. The van der Waals surface area contributed by atoms with Crippen LogP contribution in [0.5, 0.6) is 5.75 Å². The Morgan fingerprint density at radius 3 is 2.38 bits per heavy atom. The summed E-state index contributed by atoms with van der Waals surface area (Å²) in [5.41, 5.74) is -0.272. The molecule has 0 aliphatic rings. The highest BCUT2D eigenvalue weighted by Gasteiger charge is 2.31. The molecule has 0 spiro atoms. The molecule has 1 atom stereocenters. The third kappa shape index (κ3) is 8.79. The van der Waals surface area contributed by atoms with Gasteiger partial charge in [0.05, 0.1) is 18.1 Å². The van der Waals surface area contributed by atoms with E-state index in [9.17, 15) is 14.7 Å². The minimum Gasteiger partial charge on any atom is -0.397 e. The lowest BCUT2D eigenvalue weighted by Gasteiger charge is -2.19. The van der Waals surface area contributed by atoms with Gasteiger partial charge in [-0.15, -0.1) is 0 Å². The lowest BCUT2D eigenvalue weighted by atomic mass is 10.2. The van der Waals surface area contributed by atoms with Gasteiger partial charge < -0.3 is 4.52 Å². The molecule has 0 aromatic heterocycles. The SMILES string of the molecule is CCCCCCCOP(=O)(OCCC(C)C)Oc1ccccc1[N+](=O)[O-]. The van der Waals surface area contributed by atoms with Crippen LogP contribution in [0.3, 0.4) is 0 Å². The van der Waals surface area contributed by atoms with Gasteiger partial charge in [0.15, 0.2) is 0 Å². The van der Waals surface area contributed by atoms with Crippen molar-refractivity contribution in [2.24, 2.45) is 5.92 Å². The van der Waals surface area contributed by atoms with Crippen molar-refractivity contribution in [1.29, 1.82) is 0 Å². The van der Waals surface area contributed by atoms with Crippen molar-refractivity contribution in [3.8, 4) is 5.75 Å². The van der Waals surface area contributed by atoms with Gasteiger partial charge in [-0.05, 0) is 24.8 Å². The van der Waals surface area contributed by atoms with E-state index in [0.717, 1.165) is 32.1 Å². The van der Waals surface area contributed by atoms with E-state index in [4.69, 9.17) is 13.6 Å². The van der Waals surface area contributed by atoms with Gasteiger partial charge in [0, 0.05) is 6.07 Å². The van der Waals surface area contributed by atoms with Gasteiger partial charge in [-0.25, -0.2) is 4.57 Å². The number of nitro benzene ring substituents is 1. The summed E-state index contributed by atoms with van der Waals surface area (Å²) in [7, 11) is -3.92. The minimum atomic E-state index is -3.92. The minimum absolute atomic E-state index is 0.114. The standard InChI is InChI=1S/C18H30NO6P/c1-4-5-6-7-10-14-23-26(22,24-15-13-16(2)3)25-18-12-9-8-11-17(18)19(20)21/h8-9,11-12,16H,4-7,10,13-15H2,1-3H3. The predicted molar refractivity (Wildman–Crippen MR) is 101 cm³/mol. The Labute approximate surface area is 155 Å². The van der Waals surface area contributed by atoms with E-state index in [2.05, 4.69) is 6.92 Å². The molecule has 1 aromatic carbocycles. The number of nitro groups is 1. The van der Waals surface area contributed by atoms with E-state index in [0.29, 0.717) is 12.3 Å². The molecule has 0 amide bonds. The van der Waals surface area contributed by atoms with Crippen molar-refractivity contribution in [3.05, 3.63) is 34.4 Å². The zero-order valence-electron chi connectivity index (χ0n) is 15.9. The van der Waals surface area contributed by atoms with Gasteiger partial charge in [-0.3, -0.25) is 19.2 Å². The van der Waals surface area contributed by atoms with Crippen LogP contribution in [0.1, 0.15) is 59.3 Å². The Hall–Kier alpha value is -1.43. The number of phosphoric ester groups is 1. The number of hydrogen-bond donors (Lipinski definition) is 0. The molecule has 1 rings (SSSR count). The normalized spacial score (nSPS) is 13.5. The van der Waals surface area contributed by atoms with E-state index in [1.54, 1.807) is 6.07 Å². The summed E-state index contributed by atoms with van der Waals surface area (Å²) < 4.78 is 29.1. The molecular weight excluding hydrogens is 357 g/mol. The van der Waals surface area contributed by atoms with Crippen LogP contribution in [0.4, 0.5) is 5.69 Å². The van der Waals surface area contributed by atoms with Crippen LogP contribution < -0.4 is 4.52 Å². The van der Waals surface area contributed by atoms with Crippen molar-refractivity contribution < 1.29 is 23.1 Å². The summed E-state index contributed by atoms with van der Waals surface area (Å²) in [6.07, 6.45) is 5.75. The lowest BCUT2D eigenvalue weighted by Crippen LogP contribution is -2.07. The van der Waals surface area contributed by atoms with E-state index >= 15 is 0 Å². The Kier molecular flexibility index (Phi) is 10.5. The van der Waals surface area contributed by atoms with Gasteiger partial charge in [-0.1, -0.05) is 58.6 Å². The second kappa shape index (κ2) is 12.0. The Morgan fingerprint density at radius 2 is 1.73 bits per heavy atom. The third-order valence-electron chi connectivity index (χ3n) is 3.71. The molecule has 26 heavy (non-hydrogen) atoms. The summed E-state index contributed by atoms with van der Waals surface area (Å²) in [4.78, 5) is 10.5. The molecule has 0 bridgehead atoms. The Bertz CT molecular complexity index is 593. The molecule has 0 aliphatic carbocycles. The fourth-order valence-electron chi connectivity index (χ4n) is 2.18. The van der Waals surface area contributed by atoms with Crippen LogP contribution in [0.2, 0.25) is 0 Å². The third-order valence-corrected chi connectivity index (χ3v) is 5.13. The van der Waals surface area contributed by atoms with E-state index in [1.807, 2.05) is 13.8 Å². The molecule has 0 radical (unpaired) electrons. The van der Waals surface area contributed by atoms with Gasteiger partial charge in [0.1, 0.15) is 0 Å². The number of para-hydroxylation sites is 2. The van der Waals surface area contributed by atoms with Crippen molar-refractivity contribution in [2.45, 2.75) is 59.3 Å². The molecule has 1 unspecified atom stereocenters. The molecule has 0 aliphatic heterocycles. The number of phosphoric acid groups is 1. The van der Waals surface area contributed by atoms with E-state index < -0.39 is 12.7 Å². The maximum absolute atomic E-state index is 12.9. The second-order valence-electron chi connectivity index (χ2n) is 6.53. The topological polar surface area (TPSA) is 87.9 Å². The predicted octanol–water partition coefficient (Wildman–Crippen LogP) is 6.13. The first-order valence-electron chi connectivity index (χ1n) is 9.20. The summed E-state index contributed by atoms with van der Waals surface area (Å²) >= 11 is 0.